The van der Waals surface area contributed by atoms with Crippen LogP contribution in [0.4, 0.5) is 0 Å². The van der Waals surface area contributed by atoms with Crippen molar-refractivity contribution in [2.45, 2.75) is 32.4 Å². The van der Waals surface area contributed by atoms with Crippen LogP contribution >= 0.6 is 11.3 Å². The maximum Gasteiger partial charge on any atom is 0.310 e. The van der Waals surface area contributed by atoms with Gasteiger partial charge in [0.05, 0.1) is 12.0 Å². The number of carboxylic acids is 1. The first-order valence-electron chi connectivity index (χ1n) is 6.52. The zero-order valence-corrected chi connectivity index (χ0v) is 12.4. The largest absolute Gasteiger partial charge is 0.481 e. The molecule has 0 bridgehead atoms. The van der Waals surface area contributed by atoms with Gasteiger partial charge in [0, 0.05) is 18.1 Å². The molecule has 106 valence electrons. The molecular formula is C15H18N2O2S. The number of carboxylic acid groups (broad SMARTS) is 1. The Morgan fingerprint density at radius 1 is 1.35 bits per heavy atom. The summed E-state index contributed by atoms with van der Waals surface area (Å²) in [7, 11) is 0. The van der Waals surface area contributed by atoms with E-state index in [-0.39, 0.29) is 6.04 Å². The minimum atomic E-state index is -0.798. The summed E-state index contributed by atoms with van der Waals surface area (Å²) in [4.78, 5) is 15.2. The first kappa shape index (κ1) is 14.7. The van der Waals surface area contributed by atoms with Crippen LogP contribution in [0.2, 0.25) is 0 Å². The first-order chi connectivity index (χ1) is 9.58. The van der Waals surface area contributed by atoms with Crippen molar-refractivity contribution in [2.75, 3.05) is 0 Å². The highest BCUT2D eigenvalue weighted by atomic mass is 32.1. The number of aliphatic carboxylic acids is 1. The molecule has 2 rings (SSSR count). The van der Waals surface area contributed by atoms with Gasteiger partial charge in [0.25, 0.3) is 0 Å². The van der Waals surface area contributed by atoms with Gasteiger partial charge in [-0.05, 0) is 25.0 Å². The van der Waals surface area contributed by atoms with Crippen LogP contribution in [0.25, 0.3) is 0 Å². The van der Waals surface area contributed by atoms with E-state index in [0.29, 0.717) is 0 Å². The third-order valence-corrected chi connectivity index (χ3v) is 4.24. The topological polar surface area (TPSA) is 62.2 Å². The fraction of sp³-hybridized carbons (Fsp3) is 0.333. The van der Waals surface area contributed by atoms with E-state index in [1.807, 2.05) is 29.6 Å². The molecule has 20 heavy (non-hydrogen) atoms. The highest BCUT2D eigenvalue weighted by Crippen LogP contribution is 2.18. The zero-order chi connectivity index (χ0) is 14.5. The van der Waals surface area contributed by atoms with E-state index in [9.17, 15) is 4.79 Å². The van der Waals surface area contributed by atoms with Crippen molar-refractivity contribution in [3.05, 3.63) is 52.0 Å². The lowest BCUT2D eigenvalue weighted by Crippen LogP contribution is -2.18. The van der Waals surface area contributed by atoms with E-state index < -0.39 is 11.9 Å². The van der Waals surface area contributed by atoms with Crippen LogP contribution in [0.3, 0.4) is 0 Å². The van der Waals surface area contributed by atoms with Crippen LogP contribution < -0.4 is 5.32 Å². The van der Waals surface area contributed by atoms with Crippen molar-refractivity contribution in [3.63, 3.8) is 0 Å². The average molecular weight is 290 g/mol. The van der Waals surface area contributed by atoms with E-state index in [1.54, 1.807) is 24.5 Å². The SMILES string of the molecule is CC(NCc1ccc(C(C)C(=O)O)cc1)c1nccs1. The summed E-state index contributed by atoms with van der Waals surface area (Å²) in [5.41, 5.74) is 1.96. The Balaban J connectivity index is 1.92. The molecule has 0 radical (unpaired) electrons. The molecule has 2 aromatic rings. The highest BCUT2D eigenvalue weighted by Gasteiger charge is 2.13. The maximum absolute atomic E-state index is 10.9. The molecule has 5 heteroatoms. The first-order valence-corrected chi connectivity index (χ1v) is 7.40. The lowest BCUT2D eigenvalue weighted by Gasteiger charge is -2.12. The Labute approximate surface area is 122 Å². The number of nitrogens with one attached hydrogen (secondary N) is 1. The Hall–Kier alpha value is -1.72. The Kier molecular flexibility index (Phi) is 4.87. The number of carbonyl (C=O) groups is 1. The predicted octanol–water partition coefficient (Wildman–Crippen LogP) is 3.18. The third-order valence-electron chi connectivity index (χ3n) is 3.28. The number of rotatable bonds is 6. The van der Waals surface area contributed by atoms with E-state index in [2.05, 4.69) is 17.2 Å². The van der Waals surface area contributed by atoms with E-state index >= 15 is 0 Å². The molecule has 0 amide bonds. The van der Waals surface area contributed by atoms with Crippen molar-refractivity contribution in [1.29, 1.82) is 0 Å². The van der Waals surface area contributed by atoms with Crippen LogP contribution in [-0.4, -0.2) is 16.1 Å². The number of benzene rings is 1. The van der Waals surface area contributed by atoms with Crippen molar-refractivity contribution in [1.82, 2.24) is 10.3 Å². The number of hydrogen-bond donors (Lipinski definition) is 2. The molecule has 0 fully saturated rings. The predicted molar refractivity (Wildman–Crippen MR) is 79.9 cm³/mol. The van der Waals surface area contributed by atoms with Crippen LogP contribution in [0.5, 0.6) is 0 Å². The van der Waals surface area contributed by atoms with Crippen molar-refractivity contribution in [3.8, 4) is 0 Å². The molecule has 0 saturated heterocycles. The number of thiazole rings is 1. The van der Waals surface area contributed by atoms with E-state index in [4.69, 9.17) is 5.11 Å². The molecule has 0 aliphatic carbocycles. The highest BCUT2D eigenvalue weighted by molar-refractivity contribution is 7.09. The fourth-order valence-electron chi connectivity index (χ4n) is 1.87. The molecular weight excluding hydrogens is 272 g/mol. The summed E-state index contributed by atoms with van der Waals surface area (Å²) in [6, 6.07) is 7.91. The summed E-state index contributed by atoms with van der Waals surface area (Å²) in [6.07, 6.45) is 1.81. The smallest absolute Gasteiger partial charge is 0.310 e. The van der Waals surface area contributed by atoms with Gasteiger partial charge in [0.2, 0.25) is 0 Å². The molecule has 0 aliphatic heterocycles. The molecule has 4 nitrogen and oxygen atoms in total. The lowest BCUT2D eigenvalue weighted by atomic mass is 10.00. The Morgan fingerprint density at radius 2 is 2.05 bits per heavy atom. The molecule has 2 N–H and O–H groups in total. The van der Waals surface area contributed by atoms with Crippen molar-refractivity contribution >= 4 is 17.3 Å². The summed E-state index contributed by atoms with van der Waals surface area (Å²) >= 11 is 1.64. The quantitative estimate of drug-likeness (QED) is 0.857. The Bertz CT molecular complexity index is 552. The van der Waals surface area contributed by atoms with Gasteiger partial charge in [-0.2, -0.15) is 0 Å². The standard InChI is InChI=1S/C15H18N2O2S/c1-10(15(18)19)13-5-3-12(4-6-13)9-17-11(2)14-16-7-8-20-14/h3-8,10-11,17H,9H2,1-2H3,(H,18,19). The molecule has 2 atom stereocenters. The van der Waals surface area contributed by atoms with Crippen molar-refractivity contribution < 1.29 is 9.90 Å². The van der Waals surface area contributed by atoms with Gasteiger partial charge in [-0.25, -0.2) is 4.98 Å². The van der Waals surface area contributed by atoms with Gasteiger partial charge in [-0.1, -0.05) is 24.3 Å². The van der Waals surface area contributed by atoms with E-state index in [1.165, 1.54) is 0 Å². The minimum Gasteiger partial charge on any atom is -0.481 e. The minimum absolute atomic E-state index is 0.215. The molecule has 1 aromatic carbocycles. The second kappa shape index (κ2) is 6.63. The average Bonchev–Trinajstić information content (AvgIpc) is 2.98. The van der Waals surface area contributed by atoms with Gasteiger partial charge < -0.3 is 10.4 Å². The van der Waals surface area contributed by atoms with Gasteiger partial charge in [0.15, 0.2) is 0 Å². The molecule has 0 saturated carbocycles. The number of hydrogen-bond acceptors (Lipinski definition) is 4. The van der Waals surface area contributed by atoms with Crippen LogP contribution in [0.1, 0.15) is 41.9 Å². The van der Waals surface area contributed by atoms with Crippen LogP contribution in [0, 0.1) is 0 Å². The summed E-state index contributed by atoms with van der Waals surface area (Å²) in [5.74, 6) is -1.26. The van der Waals surface area contributed by atoms with Gasteiger partial charge in [-0.15, -0.1) is 11.3 Å². The van der Waals surface area contributed by atoms with Gasteiger partial charge >= 0.3 is 5.97 Å². The molecule has 0 spiro atoms. The van der Waals surface area contributed by atoms with E-state index in [0.717, 1.165) is 22.7 Å². The number of nitrogens with zero attached hydrogens (tertiary/aromatic N) is 1. The summed E-state index contributed by atoms with van der Waals surface area (Å²) < 4.78 is 0. The number of aromatic nitrogens is 1. The summed E-state index contributed by atoms with van der Waals surface area (Å²) in [6.45, 7) is 4.52. The van der Waals surface area contributed by atoms with Crippen LogP contribution in [-0.2, 0) is 11.3 Å². The monoisotopic (exact) mass is 290 g/mol. The molecule has 1 aromatic heterocycles. The molecule has 0 aliphatic rings. The fourth-order valence-corrected chi connectivity index (χ4v) is 2.54. The second-order valence-corrected chi connectivity index (χ2v) is 5.70. The van der Waals surface area contributed by atoms with Gasteiger partial charge in [0.1, 0.15) is 5.01 Å². The zero-order valence-electron chi connectivity index (χ0n) is 11.5. The Morgan fingerprint density at radius 3 is 2.60 bits per heavy atom. The molecule has 1 heterocycles. The summed E-state index contributed by atoms with van der Waals surface area (Å²) in [5, 5.41) is 15.4. The third kappa shape index (κ3) is 3.65. The van der Waals surface area contributed by atoms with Crippen LogP contribution in [0.15, 0.2) is 35.8 Å². The molecule has 2 unspecified atom stereocenters. The van der Waals surface area contributed by atoms with Crippen molar-refractivity contribution in [2.24, 2.45) is 0 Å². The second-order valence-electron chi connectivity index (χ2n) is 4.77. The lowest BCUT2D eigenvalue weighted by molar-refractivity contribution is -0.138. The van der Waals surface area contributed by atoms with Gasteiger partial charge in [-0.3, -0.25) is 4.79 Å². The normalized spacial score (nSPS) is 13.9. The maximum atomic E-state index is 10.9.